The van der Waals surface area contributed by atoms with Crippen LogP contribution >= 0.6 is 0 Å². The molecule has 1 aromatic carbocycles. The molecule has 4 N–H and O–H groups in total. The molecule has 3 heterocycles. The Morgan fingerprint density at radius 1 is 1.14 bits per heavy atom. The van der Waals surface area contributed by atoms with Gasteiger partial charge in [0.25, 0.3) is 5.91 Å². The van der Waals surface area contributed by atoms with E-state index in [0.29, 0.717) is 24.1 Å². The highest BCUT2D eigenvalue weighted by atomic mass is 16.3. The fourth-order valence-electron chi connectivity index (χ4n) is 3.92. The van der Waals surface area contributed by atoms with Crippen molar-refractivity contribution in [2.75, 3.05) is 10.6 Å². The summed E-state index contributed by atoms with van der Waals surface area (Å²) in [5.41, 5.74) is 3.21. The summed E-state index contributed by atoms with van der Waals surface area (Å²) in [6, 6.07) is 11.9. The van der Waals surface area contributed by atoms with Crippen LogP contribution in [-0.4, -0.2) is 37.8 Å². The first kappa shape index (κ1) is 17.0. The van der Waals surface area contributed by atoms with Crippen LogP contribution in [0.4, 0.5) is 17.5 Å². The van der Waals surface area contributed by atoms with Gasteiger partial charge in [-0.2, -0.15) is 9.50 Å². The van der Waals surface area contributed by atoms with Crippen LogP contribution in [0.25, 0.3) is 5.65 Å². The van der Waals surface area contributed by atoms with E-state index in [4.69, 9.17) is 0 Å². The van der Waals surface area contributed by atoms with Gasteiger partial charge in [-0.15, -0.1) is 5.10 Å². The molecule has 0 radical (unpaired) electrons. The number of hydrogen-bond donors (Lipinski definition) is 4. The number of aromatic nitrogens is 3. The van der Waals surface area contributed by atoms with Crippen LogP contribution in [-0.2, 0) is 6.54 Å². The molecule has 3 aromatic rings. The summed E-state index contributed by atoms with van der Waals surface area (Å²) < 4.78 is 1.79. The third-order valence-electron chi connectivity index (χ3n) is 5.46. The van der Waals surface area contributed by atoms with Gasteiger partial charge in [-0.1, -0.05) is 12.1 Å². The topological polar surface area (TPSA) is 104 Å². The Bertz CT molecular complexity index is 1040. The van der Waals surface area contributed by atoms with E-state index in [9.17, 15) is 9.90 Å². The Morgan fingerprint density at radius 3 is 2.86 bits per heavy atom. The number of rotatable bonds is 4. The van der Waals surface area contributed by atoms with E-state index in [0.717, 1.165) is 48.4 Å². The summed E-state index contributed by atoms with van der Waals surface area (Å²) in [5.74, 6) is 1.31. The average Bonchev–Trinajstić information content (AvgIpc) is 3.28. The second-order valence-electron chi connectivity index (χ2n) is 7.45. The number of hydrogen-bond acceptors (Lipinski definition) is 6. The monoisotopic (exact) mass is 378 g/mol. The minimum atomic E-state index is -0.176. The molecule has 2 aliphatic rings. The third kappa shape index (κ3) is 3.16. The summed E-state index contributed by atoms with van der Waals surface area (Å²) in [4.78, 5) is 16.4. The number of aliphatic hydroxyl groups excluding tert-OH is 1. The molecule has 0 atom stereocenters. The lowest BCUT2D eigenvalue weighted by atomic mass is 9.93. The minimum Gasteiger partial charge on any atom is -0.393 e. The molecule has 0 unspecified atom stereocenters. The zero-order valence-electron chi connectivity index (χ0n) is 15.4. The molecular formula is C20H22N6O2. The molecule has 8 heteroatoms. The quantitative estimate of drug-likeness (QED) is 0.556. The van der Waals surface area contributed by atoms with Gasteiger partial charge in [0.2, 0.25) is 5.95 Å². The summed E-state index contributed by atoms with van der Waals surface area (Å²) >= 11 is 0. The van der Waals surface area contributed by atoms with Crippen molar-refractivity contribution in [3.05, 3.63) is 47.5 Å². The van der Waals surface area contributed by atoms with E-state index in [-0.39, 0.29) is 12.0 Å². The van der Waals surface area contributed by atoms with Gasteiger partial charge >= 0.3 is 0 Å². The molecule has 1 fully saturated rings. The average molecular weight is 378 g/mol. The highest BCUT2D eigenvalue weighted by Crippen LogP contribution is 2.25. The highest BCUT2D eigenvalue weighted by molar-refractivity contribution is 5.99. The lowest BCUT2D eigenvalue weighted by Crippen LogP contribution is -2.29. The Labute approximate surface area is 162 Å². The number of aliphatic hydroxyl groups is 1. The van der Waals surface area contributed by atoms with Crippen LogP contribution in [0.1, 0.15) is 41.6 Å². The first-order valence-corrected chi connectivity index (χ1v) is 9.64. The van der Waals surface area contributed by atoms with Crippen LogP contribution in [0, 0.1) is 0 Å². The molecule has 8 nitrogen and oxygen atoms in total. The van der Waals surface area contributed by atoms with Gasteiger partial charge in [0.1, 0.15) is 5.82 Å². The molecule has 2 aromatic heterocycles. The molecular weight excluding hydrogens is 356 g/mol. The second kappa shape index (κ2) is 6.79. The number of pyridine rings is 1. The van der Waals surface area contributed by atoms with Crippen LogP contribution < -0.4 is 16.0 Å². The first-order chi connectivity index (χ1) is 13.7. The van der Waals surface area contributed by atoms with Crippen molar-refractivity contribution < 1.29 is 9.90 Å². The number of nitrogens with one attached hydrogen (secondary N) is 3. The van der Waals surface area contributed by atoms with E-state index < -0.39 is 0 Å². The van der Waals surface area contributed by atoms with Crippen molar-refractivity contribution in [1.29, 1.82) is 0 Å². The van der Waals surface area contributed by atoms with Crippen LogP contribution in [0.15, 0.2) is 36.4 Å². The molecule has 1 aliphatic heterocycles. The van der Waals surface area contributed by atoms with Gasteiger partial charge < -0.3 is 21.1 Å². The van der Waals surface area contributed by atoms with Gasteiger partial charge in [-0.25, -0.2) is 0 Å². The van der Waals surface area contributed by atoms with Crippen LogP contribution in [0.3, 0.4) is 0 Å². The number of nitrogens with zero attached hydrogens (tertiary/aromatic N) is 3. The number of benzene rings is 1. The zero-order valence-corrected chi connectivity index (χ0v) is 15.4. The summed E-state index contributed by atoms with van der Waals surface area (Å²) in [5, 5.41) is 23.8. The lowest BCUT2D eigenvalue weighted by molar-refractivity contribution is 0.0965. The van der Waals surface area contributed by atoms with Crippen molar-refractivity contribution in [2.24, 2.45) is 0 Å². The van der Waals surface area contributed by atoms with Crippen LogP contribution in [0.2, 0.25) is 0 Å². The Balaban J connectivity index is 1.38. The Morgan fingerprint density at radius 2 is 2.00 bits per heavy atom. The number of amides is 1. The smallest absolute Gasteiger partial charge is 0.251 e. The molecule has 1 amide bonds. The summed E-state index contributed by atoms with van der Waals surface area (Å²) in [6.45, 7) is 0.578. The molecule has 144 valence electrons. The van der Waals surface area contributed by atoms with E-state index in [1.54, 1.807) is 4.52 Å². The number of fused-ring (bicyclic) bond motifs is 2. The maximum absolute atomic E-state index is 11.9. The highest BCUT2D eigenvalue weighted by Gasteiger charge is 2.21. The first-order valence-electron chi connectivity index (χ1n) is 9.64. The van der Waals surface area contributed by atoms with Crippen molar-refractivity contribution in [3.8, 4) is 0 Å². The Hall–Kier alpha value is -3.13. The van der Waals surface area contributed by atoms with E-state index >= 15 is 0 Å². The molecule has 28 heavy (non-hydrogen) atoms. The maximum Gasteiger partial charge on any atom is 0.251 e. The SMILES string of the molecule is O=C1NCc2ccc(Nc3nc4cccc(NC5CCC(O)CC5)n4n3)cc21. The van der Waals surface area contributed by atoms with Crippen molar-refractivity contribution in [3.63, 3.8) is 0 Å². The van der Waals surface area contributed by atoms with Crippen LogP contribution in [0.5, 0.6) is 0 Å². The molecule has 1 saturated carbocycles. The normalized spacial score (nSPS) is 21.4. The number of carbonyl (C=O) groups is 1. The van der Waals surface area contributed by atoms with Gasteiger partial charge in [-0.05, 0) is 55.5 Å². The minimum absolute atomic E-state index is 0.0503. The number of anilines is 3. The molecule has 0 spiro atoms. The fourth-order valence-corrected chi connectivity index (χ4v) is 3.92. The zero-order chi connectivity index (χ0) is 19.1. The Kier molecular flexibility index (Phi) is 4.12. The van der Waals surface area contributed by atoms with Gasteiger partial charge in [0.05, 0.1) is 6.10 Å². The second-order valence-corrected chi connectivity index (χ2v) is 7.45. The predicted molar refractivity (Wildman–Crippen MR) is 106 cm³/mol. The van der Waals surface area contributed by atoms with E-state index in [1.165, 1.54) is 0 Å². The number of carbonyl (C=O) groups excluding carboxylic acids is 1. The van der Waals surface area contributed by atoms with E-state index in [2.05, 4.69) is 26.0 Å². The predicted octanol–water partition coefficient (Wildman–Crippen LogP) is 2.43. The largest absolute Gasteiger partial charge is 0.393 e. The molecule has 0 bridgehead atoms. The van der Waals surface area contributed by atoms with Gasteiger partial charge in [0, 0.05) is 23.8 Å². The van der Waals surface area contributed by atoms with Crippen molar-refractivity contribution >= 4 is 29.0 Å². The summed E-state index contributed by atoms with van der Waals surface area (Å²) in [7, 11) is 0. The van der Waals surface area contributed by atoms with Gasteiger partial charge in [0.15, 0.2) is 5.65 Å². The molecule has 5 rings (SSSR count). The summed E-state index contributed by atoms with van der Waals surface area (Å²) in [6.07, 6.45) is 3.35. The fraction of sp³-hybridized carbons (Fsp3) is 0.350. The molecule has 0 saturated heterocycles. The molecule has 1 aliphatic carbocycles. The maximum atomic E-state index is 11.9. The lowest BCUT2D eigenvalue weighted by Gasteiger charge is -2.26. The standard InChI is InChI=1S/C20H22N6O2/c27-15-8-6-13(7-9-15)22-17-2-1-3-18-24-20(25-26(17)18)23-14-5-4-12-11-21-19(28)16(12)10-14/h1-5,10,13,15,22,27H,6-9,11H2,(H,21,28)(H,23,25). The third-order valence-corrected chi connectivity index (χ3v) is 5.46. The van der Waals surface area contributed by atoms with E-state index in [1.807, 2.05) is 36.4 Å². The van der Waals surface area contributed by atoms with Crippen molar-refractivity contribution in [2.45, 2.75) is 44.4 Å². The van der Waals surface area contributed by atoms with Gasteiger partial charge in [-0.3, -0.25) is 4.79 Å². The van der Waals surface area contributed by atoms with Crippen molar-refractivity contribution in [1.82, 2.24) is 19.9 Å².